The zero-order chi connectivity index (χ0) is 14.4. The van der Waals surface area contributed by atoms with Crippen molar-refractivity contribution in [2.45, 2.75) is 32.8 Å². The summed E-state index contributed by atoms with van der Waals surface area (Å²) in [4.78, 5) is 4.23. The van der Waals surface area contributed by atoms with E-state index in [2.05, 4.69) is 41.6 Å². The van der Waals surface area contributed by atoms with Crippen LogP contribution in [0.15, 0.2) is 29.3 Å². The molecule has 0 bridgehead atoms. The van der Waals surface area contributed by atoms with E-state index in [-0.39, 0.29) is 6.10 Å². The number of fused-ring (bicyclic) bond motifs is 1. The summed E-state index contributed by atoms with van der Waals surface area (Å²) in [6.07, 6.45) is 2.30. The number of nitrogens with zero attached hydrogens (tertiary/aromatic N) is 1. The van der Waals surface area contributed by atoms with Crippen molar-refractivity contribution in [3.63, 3.8) is 0 Å². The Morgan fingerprint density at radius 3 is 2.85 bits per heavy atom. The molecule has 1 aliphatic heterocycles. The molecule has 4 heteroatoms. The minimum Gasteiger partial charge on any atom is -0.488 e. The van der Waals surface area contributed by atoms with Gasteiger partial charge in [-0.25, -0.2) is 0 Å². The Balaban J connectivity index is 1.73. The molecule has 0 aromatic heterocycles. The molecule has 1 heterocycles. The van der Waals surface area contributed by atoms with Crippen LogP contribution in [0, 0.1) is 5.92 Å². The molecule has 0 radical (unpaired) electrons. The van der Waals surface area contributed by atoms with Crippen LogP contribution in [-0.2, 0) is 6.42 Å². The largest absolute Gasteiger partial charge is 0.488 e. The summed E-state index contributed by atoms with van der Waals surface area (Å²) < 4.78 is 5.90. The molecule has 110 valence electrons. The standard InChI is InChI=1S/C16H25N3O/c1-12(2)8-9-18-16(17-3)19-11-14-10-13-6-4-5-7-15(13)20-14/h4-7,12,14H,8-11H2,1-3H3,(H2,17,18,19). The fraction of sp³-hybridized carbons (Fsp3) is 0.562. The lowest BCUT2D eigenvalue weighted by Gasteiger charge is -2.16. The highest BCUT2D eigenvalue weighted by molar-refractivity contribution is 5.79. The van der Waals surface area contributed by atoms with Crippen LogP contribution in [0.25, 0.3) is 0 Å². The van der Waals surface area contributed by atoms with E-state index in [9.17, 15) is 0 Å². The van der Waals surface area contributed by atoms with E-state index in [1.165, 1.54) is 5.56 Å². The van der Waals surface area contributed by atoms with E-state index in [4.69, 9.17) is 4.74 Å². The zero-order valence-corrected chi connectivity index (χ0v) is 12.6. The molecule has 0 fully saturated rings. The molecule has 0 spiro atoms. The maximum atomic E-state index is 5.90. The van der Waals surface area contributed by atoms with Crippen molar-refractivity contribution in [2.75, 3.05) is 20.1 Å². The number of hydrogen-bond acceptors (Lipinski definition) is 2. The molecule has 1 aromatic rings. The number of aliphatic imine (C=N–C) groups is 1. The van der Waals surface area contributed by atoms with Gasteiger partial charge in [-0.15, -0.1) is 0 Å². The van der Waals surface area contributed by atoms with Crippen molar-refractivity contribution >= 4 is 5.96 Å². The predicted octanol–water partition coefficient (Wildman–Crippen LogP) is 2.20. The van der Waals surface area contributed by atoms with E-state index in [1.54, 1.807) is 7.05 Å². The molecular formula is C16H25N3O. The summed E-state index contributed by atoms with van der Waals surface area (Å²) in [5.74, 6) is 2.57. The highest BCUT2D eigenvalue weighted by Gasteiger charge is 2.22. The van der Waals surface area contributed by atoms with Gasteiger partial charge >= 0.3 is 0 Å². The zero-order valence-electron chi connectivity index (χ0n) is 12.6. The van der Waals surface area contributed by atoms with Crippen LogP contribution in [-0.4, -0.2) is 32.2 Å². The molecule has 0 amide bonds. The van der Waals surface area contributed by atoms with Gasteiger partial charge in [0.05, 0.1) is 6.54 Å². The van der Waals surface area contributed by atoms with Gasteiger partial charge in [0.25, 0.3) is 0 Å². The van der Waals surface area contributed by atoms with Crippen molar-refractivity contribution in [3.05, 3.63) is 29.8 Å². The number of para-hydroxylation sites is 1. The first-order valence-corrected chi connectivity index (χ1v) is 7.38. The van der Waals surface area contributed by atoms with E-state index < -0.39 is 0 Å². The maximum Gasteiger partial charge on any atom is 0.191 e. The third-order valence-corrected chi connectivity index (χ3v) is 3.45. The number of hydrogen-bond donors (Lipinski definition) is 2. The first-order chi connectivity index (χ1) is 9.69. The van der Waals surface area contributed by atoms with Crippen molar-refractivity contribution < 1.29 is 4.74 Å². The van der Waals surface area contributed by atoms with Crippen LogP contribution < -0.4 is 15.4 Å². The molecular weight excluding hydrogens is 250 g/mol. The molecule has 2 N–H and O–H groups in total. The summed E-state index contributed by atoms with van der Waals surface area (Å²) in [7, 11) is 1.80. The average Bonchev–Trinajstić information content (AvgIpc) is 2.85. The Morgan fingerprint density at radius 1 is 1.35 bits per heavy atom. The third-order valence-electron chi connectivity index (χ3n) is 3.45. The highest BCUT2D eigenvalue weighted by Crippen LogP contribution is 2.27. The van der Waals surface area contributed by atoms with Gasteiger partial charge in [-0.05, 0) is 24.0 Å². The highest BCUT2D eigenvalue weighted by atomic mass is 16.5. The summed E-state index contributed by atoms with van der Waals surface area (Å²) in [6, 6.07) is 8.24. The van der Waals surface area contributed by atoms with Gasteiger partial charge in [-0.3, -0.25) is 4.99 Å². The molecule has 1 aliphatic rings. The molecule has 2 rings (SSSR count). The van der Waals surface area contributed by atoms with Gasteiger partial charge in [0.15, 0.2) is 5.96 Å². The summed E-state index contributed by atoms with van der Waals surface area (Å²) >= 11 is 0. The minimum atomic E-state index is 0.191. The summed E-state index contributed by atoms with van der Waals surface area (Å²) in [5, 5.41) is 6.66. The lowest BCUT2D eigenvalue weighted by molar-refractivity contribution is 0.235. The number of guanidine groups is 1. The topological polar surface area (TPSA) is 45.7 Å². The smallest absolute Gasteiger partial charge is 0.191 e. The lowest BCUT2D eigenvalue weighted by atomic mass is 10.1. The number of ether oxygens (including phenoxy) is 1. The van der Waals surface area contributed by atoms with Gasteiger partial charge in [0, 0.05) is 20.0 Å². The van der Waals surface area contributed by atoms with Gasteiger partial charge in [0.1, 0.15) is 11.9 Å². The average molecular weight is 275 g/mol. The van der Waals surface area contributed by atoms with Crippen molar-refractivity contribution in [2.24, 2.45) is 10.9 Å². The van der Waals surface area contributed by atoms with Crippen molar-refractivity contribution in [1.29, 1.82) is 0 Å². The lowest BCUT2D eigenvalue weighted by Crippen LogP contribution is -2.42. The molecule has 20 heavy (non-hydrogen) atoms. The van der Waals surface area contributed by atoms with Crippen LogP contribution in [0.2, 0.25) is 0 Å². The Hall–Kier alpha value is -1.71. The van der Waals surface area contributed by atoms with Gasteiger partial charge in [-0.1, -0.05) is 32.0 Å². The SMILES string of the molecule is CN=C(NCCC(C)C)NCC1Cc2ccccc2O1. The second-order valence-corrected chi connectivity index (χ2v) is 5.61. The quantitative estimate of drug-likeness (QED) is 0.639. The molecule has 0 aliphatic carbocycles. The first kappa shape index (κ1) is 14.7. The molecule has 0 saturated carbocycles. The Labute approximate surface area is 121 Å². The van der Waals surface area contributed by atoms with Crippen LogP contribution in [0.3, 0.4) is 0 Å². The Kier molecular flexibility index (Phi) is 5.27. The summed E-state index contributed by atoms with van der Waals surface area (Å²) in [6.45, 7) is 6.17. The molecule has 1 atom stereocenters. The van der Waals surface area contributed by atoms with Crippen molar-refractivity contribution in [3.8, 4) is 5.75 Å². The Bertz CT molecular complexity index is 432. The first-order valence-electron chi connectivity index (χ1n) is 7.38. The molecule has 4 nitrogen and oxygen atoms in total. The van der Waals surface area contributed by atoms with E-state index in [0.717, 1.165) is 37.6 Å². The maximum absolute atomic E-state index is 5.90. The predicted molar refractivity (Wildman–Crippen MR) is 83.4 cm³/mol. The number of benzene rings is 1. The number of nitrogens with one attached hydrogen (secondary N) is 2. The normalized spacial score (nSPS) is 17.8. The van der Waals surface area contributed by atoms with Gasteiger partial charge in [-0.2, -0.15) is 0 Å². The van der Waals surface area contributed by atoms with Crippen LogP contribution in [0.5, 0.6) is 5.75 Å². The van der Waals surface area contributed by atoms with Crippen LogP contribution in [0.1, 0.15) is 25.8 Å². The second-order valence-electron chi connectivity index (χ2n) is 5.61. The van der Waals surface area contributed by atoms with Gasteiger partial charge < -0.3 is 15.4 Å². The van der Waals surface area contributed by atoms with E-state index >= 15 is 0 Å². The monoisotopic (exact) mass is 275 g/mol. The van der Waals surface area contributed by atoms with Gasteiger partial charge in [0.2, 0.25) is 0 Å². The third kappa shape index (κ3) is 4.15. The van der Waals surface area contributed by atoms with Crippen molar-refractivity contribution in [1.82, 2.24) is 10.6 Å². The molecule has 1 unspecified atom stereocenters. The fourth-order valence-electron chi connectivity index (χ4n) is 2.28. The number of rotatable bonds is 5. The summed E-state index contributed by atoms with van der Waals surface area (Å²) in [5.41, 5.74) is 1.29. The molecule has 0 saturated heterocycles. The van der Waals surface area contributed by atoms with Crippen LogP contribution in [0.4, 0.5) is 0 Å². The molecule has 1 aromatic carbocycles. The second kappa shape index (κ2) is 7.17. The minimum absolute atomic E-state index is 0.191. The van der Waals surface area contributed by atoms with E-state index in [0.29, 0.717) is 5.92 Å². The fourth-order valence-corrected chi connectivity index (χ4v) is 2.28. The van der Waals surface area contributed by atoms with E-state index in [1.807, 2.05) is 12.1 Å². The Morgan fingerprint density at radius 2 is 2.15 bits per heavy atom. The van der Waals surface area contributed by atoms with Crippen LogP contribution >= 0.6 is 0 Å².